The lowest BCUT2D eigenvalue weighted by atomic mass is 10.3. The molecule has 0 aliphatic heterocycles. The molecule has 2 N–H and O–H groups in total. The van der Waals surface area contributed by atoms with Crippen LogP contribution in [-0.2, 0) is 0 Å². The molecular weight excluding hydrogens is 435 g/mol. The maximum absolute atomic E-state index is 6.25. The Balaban J connectivity index is 1.69. The molecule has 0 unspecified atom stereocenters. The number of anilines is 4. The van der Waals surface area contributed by atoms with Crippen LogP contribution in [0, 0.1) is 6.92 Å². The van der Waals surface area contributed by atoms with E-state index in [0.29, 0.717) is 38.0 Å². The number of thioether (sulfide) groups is 1. The average Bonchev–Trinajstić information content (AvgIpc) is 3.08. The lowest BCUT2D eigenvalue weighted by Crippen LogP contribution is -1.99. The van der Waals surface area contributed by atoms with Gasteiger partial charge in [-0.1, -0.05) is 40.6 Å². The normalized spacial score (nSPS) is 11.0. The Kier molecular flexibility index (Phi) is 5.54. The molecule has 0 aliphatic rings. The minimum atomic E-state index is 0.521. The number of benzene rings is 1. The molecule has 3 aromatic heterocycles. The molecule has 4 rings (SSSR count). The lowest BCUT2D eigenvalue weighted by molar-refractivity contribution is 1.09. The van der Waals surface area contributed by atoms with Crippen molar-refractivity contribution in [3.8, 4) is 0 Å². The molecular formula is C18H14Cl2N6S2. The van der Waals surface area contributed by atoms with E-state index in [2.05, 4.69) is 30.6 Å². The van der Waals surface area contributed by atoms with Crippen molar-refractivity contribution in [1.29, 1.82) is 0 Å². The van der Waals surface area contributed by atoms with Crippen LogP contribution in [-0.4, -0.2) is 26.2 Å². The number of aryl methyl sites for hydroxylation is 1. The van der Waals surface area contributed by atoms with Gasteiger partial charge in [0.25, 0.3) is 0 Å². The van der Waals surface area contributed by atoms with Crippen LogP contribution >= 0.6 is 46.3 Å². The Hall–Kier alpha value is -2.13. The topological polar surface area (TPSA) is 75.6 Å². The number of thiazole rings is 1. The van der Waals surface area contributed by atoms with Gasteiger partial charge in [0.2, 0.25) is 0 Å². The number of rotatable bonds is 5. The van der Waals surface area contributed by atoms with E-state index in [1.165, 1.54) is 11.3 Å². The van der Waals surface area contributed by atoms with E-state index in [-0.39, 0.29) is 0 Å². The maximum atomic E-state index is 6.25. The van der Waals surface area contributed by atoms with Gasteiger partial charge in [-0.15, -0.1) is 11.8 Å². The van der Waals surface area contributed by atoms with Gasteiger partial charge in [-0.2, -0.15) is 0 Å². The van der Waals surface area contributed by atoms with Crippen LogP contribution in [0.2, 0.25) is 10.0 Å². The van der Waals surface area contributed by atoms with Crippen LogP contribution in [0.3, 0.4) is 0 Å². The fourth-order valence-electron chi connectivity index (χ4n) is 2.51. The average molecular weight is 449 g/mol. The first-order chi connectivity index (χ1) is 13.5. The van der Waals surface area contributed by atoms with Gasteiger partial charge < -0.3 is 10.6 Å². The Bertz CT molecular complexity index is 1130. The van der Waals surface area contributed by atoms with Gasteiger partial charge in [-0.25, -0.2) is 19.9 Å². The van der Waals surface area contributed by atoms with Crippen LogP contribution in [0.5, 0.6) is 0 Å². The highest BCUT2D eigenvalue weighted by atomic mass is 35.5. The minimum Gasteiger partial charge on any atom is -0.337 e. The van der Waals surface area contributed by atoms with Gasteiger partial charge in [0.05, 0.1) is 32.6 Å². The van der Waals surface area contributed by atoms with E-state index < -0.39 is 0 Å². The Morgan fingerprint density at radius 3 is 2.46 bits per heavy atom. The Morgan fingerprint density at radius 1 is 1.00 bits per heavy atom. The van der Waals surface area contributed by atoms with Crippen LogP contribution < -0.4 is 10.6 Å². The second kappa shape index (κ2) is 8.08. The molecule has 0 spiro atoms. The molecule has 0 atom stereocenters. The number of para-hydroxylation sites is 1. The third kappa shape index (κ3) is 4.00. The van der Waals surface area contributed by atoms with Gasteiger partial charge in [-0.05, 0) is 37.4 Å². The number of hydrogen-bond acceptors (Lipinski definition) is 8. The van der Waals surface area contributed by atoms with E-state index in [9.17, 15) is 0 Å². The number of nitrogens with one attached hydrogen (secondary N) is 2. The molecule has 1 aromatic carbocycles. The van der Waals surface area contributed by atoms with E-state index >= 15 is 0 Å². The van der Waals surface area contributed by atoms with Crippen molar-refractivity contribution in [2.75, 3.05) is 16.9 Å². The highest BCUT2D eigenvalue weighted by Crippen LogP contribution is 2.36. The van der Waals surface area contributed by atoms with E-state index in [0.717, 1.165) is 15.5 Å². The Morgan fingerprint density at radius 2 is 1.79 bits per heavy atom. The number of halogens is 2. The summed E-state index contributed by atoms with van der Waals surface area (Å²) >= 11 is 15.5. The SMILES string of the molecule is CSc1ccc(Nc2nc(C)nc3sc(Nc4c(Cl)cccc4Cl)nc23)cn1. The number of aromatic nitrogens is 4. The zero-order valence-corrected chi connectivity index (χ0v) is 18.0. The lowest BCUT2D eigenvalue weighted by Gasteiger charge is -2.07. The van der Waals surface area contributed by atoms with Crippen molar-refractivity contribution in [3.05, 3.63) is 52.4 Å². The zero-order chi connectivity index (χ0) is 19.7. The number of nitrogens with zero attached hydrogens (tertiary/aromatic N) is 4. The fraction of sp³-hybridized carbons (Fsp3) is 0.111. The molecule has 0 bridgehead atoms. The van der Waals surface area contributed by atoms with Gasteiger partial charge in [0.1, 0.15) is 11.3 Å². The van der Waals surface area contributed by atoms with Crippen LogP contribution in [0.4, 0.5) is 22.3 Å². The predicted molar refractivity (Wildman–Crippen MR) is 119 cm³/mol. The van der Waals surface area contributed by atoms with E-state index in [4.69, 9.17) is 23.2 Å². The molecule has 28 heavy (non-hydrogen) atoms. The second-order valence-electron chi connectivity index (χ2n) is 5.73. The van der Waals surface area contributed by atoms with E-state index in [1.54, 1.807) is 36.2 Å². The van der Waals surface area contributed by atoms with Crippen molar-refractivity contribution in [2.45, 2.75) is 11.9 Å². The molecule has 0 saturated heterocycles. The predicted octanol–water partition coefficient (Wildman–Crippen LogP) is 6.31. The number of hydrogen-bond donors (Lipinski definition) is 2. The smallest absolute Gasteiger partial charge is 0.190 e. The first-order valence-corrected chi connectivity index (χ1v) is 11.0. The van der Waals surface area contributed by atoms with Gasteiger partial charge in [0.15, 0.2) is 15.8 Å². The minimum absolute atomic E-state index is 0.521. The third-order valence-electron chi connectivity index (χ3n) is 3.77. The molecule has 0 saturated carbocycles. The summed E-state index contributed by atoms with van der Waals surface area (Å²) in [6.45, 7) is 1.84. The van der Waals surface area contributed by atoms with E-state index in [1.807, 2.05) is 25.3 Å². The molecule has 4 aromatic rings. The van der Waals surface area contributed by atoms with Crippen LogP contribution in [0.25, 0.3) is 10.3 Å². The molecule has 0 aliphatic carbocycles. The summed E-state index contributed by atoms with van der Waals surface area (Å²) in [7, 11) is 0. The molecule has 0 radical (unpaired) electrons. The monoisotopic (exact) mass is 448 g/mol. The van der Waals surface area contributed by atoms with Crippen LogP contribution in [0.15, 0.2) is 41.6 Å². The van der Waals surface area contributed by atoms with Gasteiger partial charge in [0, 0.05) is 0 Å². The largest absolute Gasteiger partial charge is 0.337 e. The summed E-state index contributed by atoms with van der Waals surface area (Å²) in [4.78, 5) is 18.8. The fourth-order valence-corrected chi connectivity index (χ4v) is 4.25. The van der Waals surface area contributed by atoms with Crippen molar-refractivity contribution < 1.29 is 0 Å². The van der Waals surface area contributed by atoms with Crippen LogP contribution in [0.1, 0.15) is 5.82 Å². The van der Waals surface area contributed by atoms with Crippen molar-refractivity contribution in [3.63, 3.8) is 0 Å². The molecule has 10 heteroatoms. The highest BCUT2D eigenvalue weighted by molar-refractivity contribution is 7.98. The van der Waals surface area contributed by atoms with Gasteiger partial charge in [-0.3, -0.25) is 0 Å². The zero-order valence-electron chi connectivity index (χ0n) is 14.8. The van der Waals surface area contributed by atoms with Gasteiger partial charge >= 0.3 is 0 Å². The first-order valence-electron chi connectivity index (χ1n) is 8.17. The summed E-state index contributed by atoms with van der Waals surface area (Å²) in [5.74, 6) is 1.27. The second-order valence-corrected chi connectivity index (χ2v) is 8.35. The standard InChI is InChI=1S/C18H14Cl2N6S2/c1-9-22-16(24-10-6-7-13(27-2)21-8-10)15-17(23-9)28-18(26-15)25-14-11(19)4-3-5-12(14)20/h3-8H,1-2H3,(H,25,26)(H,22,23,24). The summed E-state index contributed by atoms with van der Waals surface area (Å²) < 4.78 is 0. The number of fused-ring (bicyclic) bond motifs is 1. The Labute approximate surface area is 179 Å². The third-order valence-corrected chi connectivity index (χ3v) is 5.93. The summed E-state index contributed by atoms with van der Waals surface area (Å²) in [5.41, 5.74) is 2.10. The number of pyridine rings is 1. The summed E-state index contributed by atoms with van der Waals surface area (Å²) in [6.07, 6.45) is 3.76. The summed E-state index contributed by atoms with van der Waals surface area (Å²) in [6, 6.07) is 9.24. The highest BCUT2D eigenvalue weighted by Gasteiger charge is 2.15. The van der Waals surface area contributed by atoms with Crippen molar-refractivity contribution in [1.82, 2.24) is 19.9 Å². The van der Waals surface area contributed by atoms with Crippen molar-refractivity contribution in [2.24, 2.45) is 0 Å². The molecule has 142 valence electrons. The maximum Gasteiger partial charge on any atom is 0.190 e. The quantitative estimate of drug-likeness (QED) is 0.346. The molecule has 0 amide bonds. The first kappa shape index (κ1) is 19.2. The van der Waals surface area contributed by atoms with Crippen molar-refractivity contribution >= 4 is 79.0 Å². The summed E-state index contributed by atoms with van der Waals surface area (Å²) in [5, 5.41) is 9.09. The molecule has 3 heterocycles. The molecule has 6 nitrogen and oxygen atoms in total. The molecule has 0 fully saturated rings.